The van der Waals surface area contributed by atoms with Crippen LogP contribution in [0.15, 0.2) is 41.3 Å². The molecule has 1 N–H and O–H groups in total. The van der Waals surface area contributed by atoms with Gasteiger partial charge in [0.1, 0.15) is 4.90 Å². The second-order valence-corrected chi connectivity index (χ2v) is 8.62. The number of Topliss-reactive ketones (excluding diaryl/α,β-unsaturated/α-hetero) is 1. The fourth-order valence-corrected chi connectivity index (χ4v) is 4.60. The molecule has 2 rings (SSSR count). The average Bonchev–Trinajstić information content (AvgIpc) is 2.61. The molecule has 0 aliphatic carbocycles. The van der Waals surface area contributed by atoms with Crippen LogP contribution < -0.4 is 4.72 Å². The van der Waals surface area contributed by atoms with Gasteiger partial charge in [0.2, 0.25) is 15.8 Å². The minimum absolute atomic E-state index is 0.0262. The van der Waals surface area contributed by atoms with E-state index >= 15 is 0 Å². The Kier molecular flexibility index (Phi) is 7.60. The zero-order chi connectivity index (χ0) is 20.9. The van der Waals surface area contributed by atoms with Gasteiger partial charge >= 0.3 is 5.97 Å². The van der Waals surface area contributed by atoms with Gasteiger partial charge in [-0.05, 0) is 37.6 Å². The molecule has 0 aromatic heterocycles. The number of carbonyl (C=O) groups excluding carboxylic acids is 2. The van der Waals surface area contributed by atoms with Crippen molar-refractivity contribution in [2.45, 2.75) is 25.2 Å². The van der Waals surface area contributed by atoms with Crippen LogP contribution in [0.1, 0.15) is 27.9 Å². The van der Waals surface area contributed by atoms with E-state index in [-0.39, 0.29) is 33.7 Å². The van der Waals surface area contributed by atoms with Crippen molar-refractivity contribution in [2.24, 2.45) is 0 Å². The third kappa shape index (κ3) is 5.78. The number of carbonyl (C=O) groups is 2. The van der Waals surface area contributed by atoms with Gasteiger partial charge in [-0.2, -0.15) is 0 Å². The average molecular weight is 444 g/mol. The molecule has 0 aliphatic heterocycles. The Morgan fingerprint density at radius 3 is 2.36 bits per heavy atom. The minimum atomic E-state index is -3.99. The lowest BCUT2D eigenvalue weighted by Gasteiger charge is -2.10. The molecule has 9 heteroatoms. The van der Waals surface area contributed by atoms with Gasteiger partial charge in [0.15, 0.2) is 6.61 Å². The molecule has 2 aromatic rings. The number of nitrogens with one attached hydrogen (secondary N) is 1. The first-order chi connectivity index (χ1) is 13.1. The topological polar surface area (TPSA) is 89.5 Å². The molecule has 0 amide bonds. The van der Waals surface area contributed by atoms with Crippen molar-refractivity contribution in [1.29, 1.82) is 0 Å². The predicted octanol–water partition coefficient (Wildman–Crippen LogP) is 3.70. The van der Waals surface area contributed by atoms with E-state index in [1.54, 1.807) is 13.0 Å². The zero-order valence-corrected chi connectivity index (χ0v) is 17.6. The van der Waals surface area contributed by atoms with Crippen LogP contribution in [0, 0.1) is 13.8 Å². The van der Waals surface area contributed by atoms with Crippen LogP contribution in [0.2, 0.25) is 10.0 Å². The third-order valence-electron chi connectivity index (χ3n) is 3.87. The van der Waals surface area contributed by atoms with E-state index in [1.165, 1.54) is 18.2 Å². The van der Waals surface area contributed by atoms with Gasteiger partial charge in [0.25, 0.3) is 0 Å². The van der Waals surface area contributed by atoms with Crippen molar-refractivity contribution >= 4 is 45.0 Å². The van der Waals surface area contributed by atoms with Gasteiger partial charge < -0.3 is 4.74 Å². The minimum Gasteiger partial charge on any atom is -0.457 e. The van der Waals surface area contributed by atoms with Crippen LogP contribution >= 0.6 is 23.2 Å². The number of ether oxygens (including phenoxy) is 1. The summed E-state index contributed by atoms with van der Waals surface area (Å²) in [6.45, 7) is 3.02. The monoisotopic (exact) mass is 443 g/mol. The highest BCUT2D eigenvalue weighted by Gasteiger charge is 2.21. The van der Waals surface area contributed by atoms with Crippen LogP contribution in [0.25, 0.3) is 0 Å². The number of halogens is 2. The van der Waals surface area contributed by atoms with E-state index in [0.717, 1.165) is 11.1 Å². The quantitative estimate of drug-likeness (QED) is 0.496. The van der Waals surface area contributed by atoms with Crippen LogP contribution in [0.4, 0.5) is 0 Å². The van der Waals surface area contributed by atoms with E-state index in [2.05, 4.69) is 4.72 Å². The molecule has 6 nitrogen and oxygen atoms in total. The summed E-state index contributed by atoms with van der Waals surface area (Å²) in [6, 6.07) is 9.75. The lowest BCUT2D eigenvalue weighted by molar-refractivity contribution is -0.142. The van der Waals surface area contributed by atoms with Crippen molar-refractivity contribution in [3.63, 3.8) is 0 Å². The van der Waals surface area contributed by atoms with Gasteiger partial charge in [-0.3, -0.25) is 9.59 Å². The maximum absolute atomic E-state index is 12.3. The molecule has 0 radical (unpaired) electrons. The molecule has 28 heavy (non-hydrogen) atoms. The Labute approximate surface area is 173 Å². The van der Waals surface area contributed by atoms with Crippen LogP contribution in [-0.4, -0.2) is 33.3 Å². The van der Waals surface area contributed by atoms with Crippen molar-refractivity contribution in [3.8, 4) is 0 Å². The van der Waals surface area contributed by atoms with Gasteiger partial charge in [-0.1, -0.05) is 47.0 Å². The summed E-state index contributed by atoms with van der Waals surface area (Å²) >= 11 is 11.8. The van der Waals surface area contributed by atoms with Gasteiger partial charge in [0, 0.05) is 12.1 Å². The molecule has 2 aromatic carbocycles. The smallest absolute Gasteiger partial charge is 0.307 e. The zero-order valence-electron chi connectivity index (χ0n) is 15.3. The van der Waals surface area contributed by atoms with Crippen molar-refractivity contribution < 1.29 is 22.7 Å². The van der Waals surface area contributed by atoms with E-state index in [4.69, 9.17) is 27.9 Å². The number of hydrogen-bond acceptors (Lipinski definition) is 5. The summed E-state index contributed by atoms with van der Waals surface area (Å²) in [7, 11) is -3.99. The van der Waals surface area contributed by atoms with Crippen LogP contribution in [-0.2, 0) is 19.6 Å². The Balaban J connectivity index is 1.87. The number of sulfonamides is 1. The summed E-state index contributed by atoms with van der Waals surface area (Å²) in [5.41, 5.74) is 2.20. The molecule has 0 bridgehead atoms. The van der Waals surface area contributed by atoms with Gasteiger partial charge in [0.05, 0.1) is 16.5 Å². The van der Waals surface area contributed by atoms with Gasteiger partial charge in [-0.15, -0.1) is 0 Å². The first kappa shape index (κ1) is 22.4. The summed E-state index contributed by atoms with van der Waals surface area (Å²) in [4.78, 5) is 23.8. The molecular weight excluding hydrogens is 425 g/mol. The van der Waals surface area contributed by atoms with Crippen molar-refractivity contribution in [3.05, 3.63) is 63.1 Å². The number of hydrogen-bond donors (Lipinski definition) is 1. The van der Waals surface area contributed by atoms with Gasteiger partial charge in [-0.25, -0.2) is 13.1 Å². The van der Waals surface area contributed by atoms with E-state index < -0.39 is 22.6 Å². The van der Waals surface area contributed by atoms with Crippen molar-refractivity contribution in [1.82, 2.24) is 4.72 Å². The second kappa shape index (κ2) is 9.52. The van der Waals surface area contributed by atoms with Crippen LogP contribution in [0.5, 0.6) is 0 Å². The highest BCUT2D eigenvalue weighted by molar-refractivity contribution is 7.89. The number of aryl methyl sites for hydroxylation is 2. The van der Waals surface area contributed by atoms with Crippen LogP contribution in [0.3, 0.4) is 0 Å². The van der Waals surface area contributed by atoms with E-state index in [9.17, 15) is 18.0 Å². The van der Waals surface area contributed by atoms with E-state index in [1.807, 2.05) is 19.1 Å². The Hall–Kier alpha value is -1.93. The highest BCUT2D eigenvalue weighted by Crippen LogP contribution is 2.28. The number of esters is 1. The number of benzene rings is 2. The second-order valence-electron chi connectivity index (χ2n) is 6.10. The fraction of sp³-hybridized carbons (Fsp3) is 0.263. The molecule has 0 fully saturated rings. The molecule has 0 saturated heterocycles. The maximum Gasteiger partial charge on any atom is 0.307 e. The van der Waals surface area contributed by atoms with E-state index in [0.29, 0.717) is 5.56 Å². The molecular formula is C19H19Cl2NO5S. The maximum atomic E-state index is 12.3. The Morgan fingerprint density at radius 2 is 1.71 bits per heavy atom. The molecule has 0 atom stereocenters. The SMILES string of the molecule is Cc1ccc(C)c(C(=O)COC(=O)CCNS(=O)(=O)c2c(Cl)cccc2Cl)c1. The largest absolute Gasteiger partial charge is 0.457 e. The summed E-state index contributed by atoms with van der Waals surface area (Å²) in [5, 5.41) is -0.0524. The lowest BCUT2D eigenvalue weighted by Crippen LogP contribution is -2.27. The van der Waals surface area contributed by atoms with Crippen molar-refractivity contribution in [2.75, 3.05) is 13.2 Å². The number of rotatable bonds is 8. The summed E-state index contributed by atoms with van der Waals surface area (Å²) in [5.74, 6) is -1.02. The molecule has 0 spiro atoms. The first-order valence-electron chi connectivity index (χ1n) is 8.31. The summed E-state index contributed by atoms with van der Waals surface area (Å²) < 4.78 is 31.8. The predicted molar refractivity (Wildman–Crippen MR) is 107 cm³/mol. The molecule has 0 unspecified atom stereocenters. The molecule has 0 heterocycles. The standard InChI is InChI=1S/C19H19Cl2NO5S/c1-12-6-7-13(2)14(10-12)17(23)11-27-18(24)8-9-22-28(25,26)19-15(20)4-3-5-16(19)21/h3-7,10,22H,8-9,11H2,1-2H3. The fourth-order valence-electron chi connectivity index (χ4n) is 2.43. The highest BCUT2D eigenvalue weighted by atomic mass is 35.5. The Morgan fingerprint density at radius 1 is 1.07 bits per heavy atom. The molecule has 150 valence electrons. The number of ketones is 1. The normalized spacial score (nSPS) is 11.3. The first-order valence-corrected chi connectivity index (χ1v) is 10.6. The third-order valence-corrected chi connectivity index (χ3v) is 6.28. The molecule has 0 aliphatic rings. The Bertz CT molecular complexity index is 985. The lowest BCUT2D eigenvalue weighted by atomic mass is 10.0. The molecule has 0 saturated carbocycles. The summed E-state index contributed by atoms with van der Waals surface area (Å²) in [6.07, 6.45) is -0.249.